The summed E-state index contributed by atoms with van der Waals surface area (Å²) in [5.41, 5.74) is 2.62. The van der Waals surface area contributed by atoms with Crippen LogP contribution in [0.5, 0.6) is 0 Å². The molecule has 0 aliphatic heterocycles. The van der Waals surface area contributed by atoms with Gasteiger partial charge in [-0.25, -0.2) is 18.4 Å². The van der Waals surface area contributed by atoms with Crippen molar-refractivity contribution in [3.63, 3.8) is 0 Å². The van der Waals surface area contributed by atoms with Crippen LogP contribution in [-0.2, 0) is 15.4 Å². The average Bonchev–Trinajstić information content (AvgIpc) is 2.69. The summed E-state index contributed by atoms with van der Waals surface area (Å²) in [7, 11) is -3.85. The highest BCUT2D eigenvalue weighted by Crippen LogP contribution is 2.22. The zero-order valence-electron chi connectivity index (χ0n) is 18.2. The first kappa shape index (κ1) is 22.4. The van der Waals surface area contributed by atoms with Gasteiger partial charge in [0.15, 0.2) is 0 Å². The van der Waals surface area contributed by atoms with Crippen LogP contribution in [0.2, 0.25) is 0 Å². The molecule has 162 valence electrons. The summed E-state index contributed by atoms with van der Waals surface area (Å²) in [6, 6.07) is 11.5. The Morgan fingerprint density at radius 3 is 2.10 bits per heavy atom. The predicted octanol–water partition coefficient (Wildman–Crippen LogP) is 4.44. The minimum Gasteiger partial charge on any atom is -0.319 e. The Bertz CT molecular complexity index is 1200. The van der Waals surface area contributed by atoms with E-state index in [2.05, 4.69) is 20.0 Å². The van der Waals surface area contributed by atoms with Gasteiger partial charge in [0.1, 0.15) is 5.82 Å². The number of sulfonamides is 1. The maximum atomic E-state index is 12.8. The maximum absolute atomic E-state index is 12.8. The van der Waals surface area contributed by atoms with Gasteiger partial charge in [-0.15, -0.1) is 0 Å². The highest BCUT2D eigenvalue weighted by molar-refractivity contribution is 7.92. The molecular weight excluding hydrogens is 412 g/mol. The fraction of sp³-hybridized carbons (Fsp3) is 0.261. The molecule has 0 aliphatic rings. The fourth-order valence-electron chi connectivity index (χ4n) is 2.83. The molecule has 2 aromatic carbocycles. The van der Waals surface area contributed by atoms with Crippen molar-refractivity contribution in [1.82, 2.24) is 9.97 Å². The van der Waals surface area contributed by atoms with Crippen LogP contribution >= 0.6 is 0 Å². The molecule has 8 heteroatoms. The number of anilines is 2. The average molecular weight is 439 g/mol. The third kappa shape index (κ3) is 5.46. The summed E-state index contributed by atoms with van der Waals surface area (Å²) in [6.07, 6.45) is 3.08. The summed E-state index contributed by atoms with van der Waals surface area (Å²) in [4.78, 5) is 21.4. The van der Waals surface area contributed by atoms with Crippen LogP contribution in [0.3, 0.4) is 0 Å². The second-order valence-electron chi connectivity index (χ2n) is 8.45. The van der Waals surface area contributed by atoms with Crippen molar-refractivity contribution in [2.45, 2.75) is 44.9 Å². The lowest BCUT2D eigenvalue weighted by Crippen LogP contribution is -2.18. The zero-order valence-corrected chi connectivity index (χ0v) is 19.0. The number of hydrogen-bond donors (Lipinski definition) is 2. The fourth-order valence-corrected chi connectivity index (χ4v) is 3.91. The van der Waals surface area contributed by atoms with Crippen molar-refractivity contribution in [1.29, 1.82) is 0 Å². The minimum absolute atomic E-state index is 0.00292. The molecule has 0 spiro atoms. The quantitative estimate of drug-likeness (QED) is 0.613. The molecule has 1 heterocycles. The van der Waals surface area contributed by atoms with E-state index >= 15 is 0 Å². The van der Waals surface area contributed by atoms with Crippen LogP contribution in [-0.4, -0.2) is 24.3 Å². The lowest BCUT2D eigenvalue weighted by molar-refractivity contribution is 0.102. The van der Waals surface area contributed by atoms with Crippen LogP contribution in [0.1, 0.15) is 48.1 Å². The molecule has 0 fully saturated rings. The van der Waals surface area contributed by atoms with Crippen molar-refractivity contribution in [3.8, 4) is 0 Å². The van der Waals surface area contributed by atoms with Crippen LogP contribution in [0.4, 0.5) is 11.4 Å². The molecule has 2 N–H and O–H groups in total. The molecule has 3 aromatic rings. The van der Waals surface area contributed by atoms with Gasteiger partial charge < -0.3 is 5.32 Å². The molecule has 31 heavy (non-hydrogen) atoms. The molecule has 1 amide bonds. The Kier molecular flexibility index (Phi) is 6.13. The van der Waals surface area contributed by atoms with E-state index in [0.29, 0.717) is 22.8 Å². The van der Waals surface area contributed by atoms with Crippen molar-refractivity contribution in [2.24, 2.45) is 0 Å². The number of rotatable bonds is 5. The van der Waals surface area contributed by atoms with Gasteiger partial charge in [0, 0.05) is 16.7 Å². The van der Waals surface area contributed by atoms with E-state index < -0.39 is 15.9 Å². The van der Waals surface area contributed by atoms with E-state index in [1.807, 2.05) is 39.8 Å². The van der Waals surface area contributed by atoms with Gasteiger partial charge >= 0.3 is 0 Å². The lowest BCUT2D eigenvalue weighted by Gasteiger charge is -2.16. The van der Waals surface area contributed by atoms with Gasteiger partial charge in [-0.05, 0) is 43.7 Å². The number of carbonyl (C=O) groups is 1. The van der Waals surface area contributed by atoms with E-state index in [1.165, 1.54) is 12.1 Å². The maximum Gasteiger partial charge on any atom is 0.261 e. The topological polar surface area (TPSA) is 101 Å². The highest BCUT2D eigenvalue weighted by Gasteiger charge is 2.20. The zero-order chi connectivity index (χ0) is 22.8. The van der Waals surface area contributed by atoms with Crippen LogP contribution in [0, 0.1) is 13.8 Å². The highest BCUT2D eigenvalue weighted by atomic mass is 32.2. The lowest BCUT2D eigenvalue weighted by atomic mass is 9.96. The van der Waals surface area contributed by atoms with Crippen LogP contribution in [0.15, 0.2) is 59.8 Å². The summed E-state index contributed by atoms with van der Waals surface area (Å²) in [5, 5.41) is 2.73. The number of benzene rings is 2. The van der Waals surface area contributed by atoms with E-state index in [0.717, 1.165) is 5.56 Å². The summed E-state index contributed by atoms with van der Waals surface area (Å²) in [5.74, 6) is 0.231. The minimum atomic E-state index is -3.85. The van der Waals surface area contributed by atoms with Crippen molar-refractivity contribution >= 4 is 27.3 Å². The molecule has 0 unspecified atom stereocenters. The molecule has 1 aromatic heterocycles. The van der Waals surface area contributed by atoms with Gasteiger partial charge in [0.05, 0.1) is 23.0 Å². The third-order valence-corrected chi connectivity index (χ3v) is 6.03. The Hall–Kier alpha value is -3.26. The Labute approximate surface area is 183 Å². The first-order valence-electron chi connectivity index (χ1n) is 9.80. The van der Waals surface area contributed by atoms with Crippen molar-refractivity contribution in [3.05, 3.63) is 77.4 Å². The monoisotopic (exact) mass is 438 g/mol. The van der Waals surface area contributed by atoms with E-state index in [9.17, 15) is 13.2 Å². The smallest absolute Gasteiger partial charge is 0.261 e. The summed E-state index contributed by atoms with van der Waals surface area (Å²) >= 11 is 0. The second kappa shape index (κ2) is 8.47. The first-order valence-corrected chi connectivity index (χ1v) is 11.3. The number of nitrogens with one attached hydrogen (secondary N) is 2. The number of aromatic nitrogens is 2. The number of amides is 1. The van der Waals surface area contributed by atoms with Gasteiger partial charge in [0.25, 0.3) is 15.9 Å². The van der Waals surface area contributed by atoms with Gasteiger partial charge in [-0.2, -0.15) is 0 Å². The molecule has 0 atom stereocenters. The van der Waals surface area contributed by atoms with Gasteiger partial charge in [-0.1, -0.05) is 44.5 Å². The van der Waals surface area contributed by atoms with Crippen molar-refractivity contribution in [2.75, 3.05) is 10.0 Å². The molecular formula is C23H26N4O3S. The van der Waals surface area contributed by atoms with E-state index in [1.54, 1.807) is 37.5 Å². The van der Waals surface area contributed by atoms with Gasteiger partial charge in [-0.3, -0.25) is 9.52 Å². The number of hydrogen-bond acceptors (Lipinski definition) is 5. The molecule has 0 saturated carbocycles. The third-order valence-electron chi connectivity index (χ3n) is 4.65. The van der Waals surface area contributed by atoms with E-state index in [4.69, 9.17) is 0 Å². The SMILES string of the molecule is Cc1ccc(NS(=O)(=O)c2ccc(C)c(C(=O)Nc3cnc(C(C)(C)C)nc3)c2)cc1. The molecule has 0 radical (unpaired) electrons. The predicted molar refractivity (Wildman–Crippen MR) is 122 cm³/mol. The normalized spacial score (nSPS) is 11.8. The number of carbonyl (C=O) groups excluding carboxylic acids is 1. The summed E-state index contributed by atoms with van der Waals surface area (Å²) in [6.45, 7) is 9.67. The molecule has 7 nitrogen and oxygen atoms in total. The largest absolute Gasteiger partial charge is 0.319 e. The number of nitrogens with zero attached hydrogens (tertiary/aromatic N) is 2. The molecule has 3 rings (SSSR count). The Balaban J connectivity index is 1.83. The first-order chi connectivity index (χ1) is 14.5. The van der Waals surface area contributed by atoms with Crippen LogP contribution in [0.25, 0.3) is 0 Å². The molecule has 0 bridgehead atoms. The number of aryl methyl sites for hydroxylation is 2. The second-order valence-corrected chi connectivity index (χ2v) is 10.1. The Morgan fingerprint density at radius 1 is 0.903 bits per heavy atom. The van der Waals surface area contributed by atoms with Crippen LogP contribution < -0.4 is 10.0 Å². The Morgan fingerprint density at radius 2 is 1.52 bits per heavy atom. The summed E-state index contributed by atoms with van der Waals surface area (Å²) < 4.78 is 28.1. The van der Waals surface area contributed by atoms with E-state index in [-0.39, 0.29) is 15.9 Å². The van der Waals surface area contributed by atoms with Gasteiger partial charge in [0.2, 0.25) is 0 Å². The standard InChI is InChI=1S/C23H26N4O3S/c1-15-6-9-17(10-7-15)27-31(29,30)19-11-8-16(2)20(12-19)21(28)26-18-13-24-22(25-14-18)23(3,4)5/h6-14,27H,1-5H3,(H,26,28). The molecule has 0 aliphatic carbocycles. The van der Waals surface area contributed by atoms with Crippen molar-refractivity contribution < 1.29 is 13.2 Å². The molecule has 0 saturated heterocycles.